The minimum Gasteiger partial charge on any atom is -0.379 e. The van der Waals surface area contributed by atoms with Gasteiger partial charge in [0.25, 0.3) is 0 Å². The van der Waals surface area contributed by atoms with E-state index in [-0.39, 0.29) is 77.5 Å². The van der Waals surface area contributed by atoms with Crippen LogP contribution in [-0.4, -0.2) is 295 Å². The smallest absolute Gasteiger partial charge is 0.379 e. The standard InChI is InChI=1S/C76H117F9N12O13/c1-14-32-110-41-57-64(101)87-62(44(4)15-2)70(107)91(9)40-60(100)92(10)53-24-18-17-21-31-96(69(53)106)56(35-45-25-28-48(29-26-45)75(80,81)82)68(105)90(8)39-58(98)86-52(30-27-46-33-50(78)61(51(79)34-46)76(83,84)85)66(103)97-38-49(77)36-54(97)65(102)88-74(42-73(5,6)43-74)72(109)95(13)63(47-22-19-20-23-47)71(108)94(12)55(37-59(99)93(57)11)67(104)89(7)16-3/h17-18,44-57,61-63H,14-16,19-43H2,1-13H3,(H,86,98)(H,87,101)(H,88,102)/b18-17-/t44-,45?,46?,48?,49+,50?,51?,52-,53-,54-,55-,56-,57-,61?,62-,63-/m0/s1. The van der Waals surface area contributed by atoms with Gasteiger partial charge < -0.3 is 64.8 Å². The normalized spacial score (nSPS) is 32.1. The van der Waals surface area contributed by atoms with Gasteiger partial charge >= 0.3 is 12.4 Å². The summed E-state index contributed by atoms with van der Waals surface area (Å²) in [6.07, 6.45) is -15.9. The summed E-state index contributed by atoms with van der Waals surface area (Å²) in [5.74, 6) is -18.0. The van der Waals surface area contributed by atoms with Crippen LogP contribution in [-0.2, 0) is 62.3 Å². The molecule has 7 aliphatic rings. The highest BCUT2D eigenvalue weighted by molar-refractivity contribution is 6.01. The predicted octanol–water partition coefficient (Wildman–Crippen LogP) is 6.69. The number of amides is 12. The molecule has 0 aromatic carbocycles. The van der Waals surface area contributed by atoms with Crippen molar-refractivity contribution in [2.24, 2.45) is 40.9 Å². The van der Waals surface area contributed by atoms with Crippen LogP contribution in [0.25, 0.3) is 0 Å². The van der Waals surface area contributed by atoms with Crippen LogP contribution in [0.4, 0.5) is 39.5 Å². The summed E-state index contributed by atoms with van der Waals surface area (Å²) < 4.78 is 137. The molecule has 0 radical (unpaired) electrons. The first-order chi connectivity index (χ1) is 51.4. The maximum Gasteiger partial charge on any atom is 0.397 e. The number of hydrogen-bond donors (Lipinski definition) is 3. The molecule has 2 bridgehead atoms. The zero-order valence-electron chi connectivity index (χ0n) is 66.0. The van der Waals surface area contributed by atoms with Crippen LogP contribution >= 0.6 is 0 Å². The summed E-state index contributed by atoms with van der Waals surface area (Å²) in [6, 6.07) is -12.3. The predicted molar refractivity (Wildman–Crippen MR) is 386 cm³/mol. The van der Waals surface area contributed by atoms with Gasteiger partial charge in [-0.3, -0.25) is 57.5 Å². The fraction of sp³-hybridized carbons (Fsp3) is 0.816. The van der Waals surface area contributed by atoms with Gasteiger partial charge in [0.15, 0.2) is 0 Å². The lowest BCUT2D eigenvalue weighted by atomic mass is 9.58. The quantitative estimate of drug-likeness (QED) is 0.0930. The maximum absolute atomic E-state index is 16.3. The lowest BCUT2D eigenvalue weighted by molar-refractivity contribution is -0.219. The van der Waals surface area contributed by atoms with Crippen molar-refractivity contribution in [3.05, 3.63) is 12.2 Å². The molecule has 3 aliphatic heterocycles. The van der Waals surface area contributed by atoms with Gasteiger partial charge in [0.05, 0.1) is 38.6 Å². The monoisotopic (exact) mass is 1580 g/mol. The van der Waals surface area contributed by atoms with Crippen molar-refractivity contribution in [3.8, 4) is 0 Å². The lowest BCUT2D eigenvalue weighted by Gasteiger charge is -2.54. The molecule has 12 atom stereocenters. The Morgan fingerprint density at radius 2 is 1.27 bits per heavy atom. The Labute approximate surface area is 639 Å². The molecule has 4 aliphatic carbocycles. The van der Waals surface area contributed by atoms with Gasteiger partial charge in [-0.05, 0) is 139 Å². The van der Waals surface area contributed by atoms with E-state index >= 15 is 46.7 Å². The second kappa shape index (κ2) is 38.0. The van der Waals surface area contributed by atoms with E-state index in [4.69, 9.17) is 4.74 Å². The van der Waals surface area contributed by atoms with Gasteiger partial charge in [-0.25, -0.2) is 13.2 Å². The van der Waals surface area contributed by atoms with Crippen molar-refractivity contribution in [2.75, 3.05) is 95.3 Å². The van der Waals surface area contributed by atoms with Crippen molar-refractivity contribution in [1.29, 1.82) is 0 Å². The summed E-state index contributed by atoms with van der Waals surface area (Å²) in [5, 5.41) is 8.15. The van der Waals surface area contributed by atoms with Crippen LogP contribution in [0.2, 0.25) is 0 Å². The number of alkyl halides is 9. The van der Waals surface area contributed by atoms with Crippen molar-refractivity contribution >= 4 is 70.9 Å². The van der Waals surface area contributed by atoms with E-state index in [1.165, 1.54) is 64.0 Å². The molecule has 12 amide bonds. The Morgan fingerprint density at radius 3 is 1.85 bits per heavy atom. The van der Waals surface area contributed by atoms with Crippen molar-refractivity contribution < 1.29 is 102 Å². The summed E-state index contributed by atoms with van der Waals surface area (Å²) in [5.41, 5.74) is -2.52. The van der Waals surface area contributed by atoms with Crippen LogP contribution in [0.1, 0.15) is 176 Å². The SMILES string of the molecule is CCCOC[C@H]1C(=O)N[C@@H]([C@@H](C)CC)C(=O)N(C)CC(=O)N(C)[C@H]2C/C=C\CCN(C2=O)[C@@H](CC2CCC(C(F)(F)F)CC2)C(=O)N(C)CC(=O)N[C@@H](CCC2CC(F)C(C(F)(F)F)C(F)C2)C(=O)N2C[C@H](F)C[C@H]2C(=O)NC2(CC(C)(C)C2)C(=O)N(C)[C@@H](C2CCCC2)C(=O)N(C)[C@H](C(=O)N(C)CC)CC(=O)N1C. The molecule has 7 rings (SSSR count). The number of hydrogen-bond acceptors (Lipinski definition) is 13. The first kappa shape index (κ1) is 89.9. The Bertz CT molecular complexity index is 3300. The topological polar surface area (TPSA) is 279 Å². The summed E-state index contributed by atoms with van der Waals surface area (Å²) >= 11 is 0. The third-order valence-corrected chi connectivity index (χ3v) is 24.2. The molecule has 110 heavy (non-hydrogen) atoms. The number of halogens is 9. The molecule has 4 saturated carbocycles. The first-order valence-electron chi connectivity index (χ1n) is 39.0. The number of carbonyl (C=O) groups is 12. The third-order valence-electron chi connectivity index (χ3n) is 24.2. The van der Waals surface area contributed by atoms with E-state index in [1.807, 2.05) is 20.8 Å². The van der Waals surface area contributed by atoms with Gasteiger partial charge in [0.2, 0.25) is 70.9 Å². The molecule has 3 heterocycles. The van der Waals surface area contributed by atoms with Gasteiger partial charge in [0, 0.05) is 75.5 Å². The highest BCUT2D eigenvalue weighted by atomic mass is 19.4. The average Bonchev–Trinajstić information content (AvgIpc) is 0.930. The van der Waals surface area contributed by atoms with Crippen molar-refractivity contribution in [3.63, 3.8) is 0 Å². The fourth-order valence-corrected chi connectivity index (χ4v) is 17.5. The third kappa shape index (κ3) is 21.7. The first-order valence-corrected chi connectivity index (χ1v) is 39.0. The van der Waals surface area contributed by atoms with Crippen LogP contribution < -0.4 is 16.0 Å². The molecule has 2 saturated heterocycles. The summed E-state index contributed by atoms with van der Waals surface area (Å²) in [6.45, 7) is 7.74. The number of rotatable bonds is 14. The number of nitrogens with zero attached hydrogens (tertiary/aromatic N) is 9. The second-order valence-corrected chi connectivity index (χ2v) is 32.9. The number of likely N-dealkylation sites (N-methyl/N-ethyl adjacent to an activating group) is 7. The maximum atomic E-state index is 16.3. The summed E-state index contributed by atoms with van der Waals surface area (Å²) in [7, 11) is 9.21. The van der Waals surface area contributed by atoms with Crippen LogP contribution in [0.15, 0.2) is 12.2 Å². The largest absolute Gasteiger partial charge is 0.397 e. The highest BCUT2D eigenvalue weighted by Crippen LogP contribution is 2.50. The molecule has 0 aromatic heterocycles. The minimum absolute atomic E-state index is 0.0303. The number of fused-ring (bicyclic) bond motifs is 3. The number of ether oxygens (including phenoxy) is 1. The van der Waals surface area contributed by atoms with Crippen LogP contribution in [0, 0.1) is 40.9 Å². The van der Waals surface area contributed by atoms with Crippen LogP contribution in [0.3, 0.4) is 0 Å². The molecular formula is C76H117F9N12O13. The van der Waals surface area contributed by atoms with Gasteiger partial charge in [-0.2, -0.15) is 26.3 Å². The van der Waals surface area contributed by atoms with E-state index in [2.05, 4.69) is 16.0 Å². The van der Waals surface area contributed by atoms with E-state index in [1.54, 1.807) is 32.9 Å². The molecule has 1 spiro atoms. The molecule has 34 heteroatoms. The highest BCUT2D eigenvalue weighted by Gasteiger charge is 2.60. The van der Waals surface area contributed by atoms with E-state index in [0.717, 1.165) is 29.4 Å². The van der Waals surface area contributed by atoms with Crippen molar-refractivity contribution in [2.45, 2.75) is 261 Å². The average molecular weight is 1580 g/mol. The fourth-order valence-electron chi connectivity index (χ4n) is 17.5. The molecule has 0 aromatic rings. The van der Waals surface area contributed by atoms with E-state index < -0.39 is 261 Å². The number of carbonyl (C=O) groups excluding carboxylic acids is 12. The lowest BCUT2D eigenvalue weighted by Crippen LogP contribution is -2.71. The van der Waals surface area contributed by atoms with Gasteiger partial charge in [-0.1, -0.05) is 66.0 Å². The van der Waals surface area contributed by atoms with Crippen molar-refractivity contribution in [1.82, 2.24) is 60.0 Å². The van der Waals surface area contributed by atoms with E-state index in [0.29, 0.717) is 38.5 Å². The minimum atomic E-state index is -5.25. The molecule has 6 fully saturated rings. The Balaban J connectivity index is 1.33. The zero-order valence-corrected chi connectivity index (χ0v) is 66.0. The van der Waals surface area contributed by atoms with Crippen LogP contribution in [0.5, 0.6) is 0 Å². The molecule has 25 nitrogen and oxygen atoms in total. The second-order valence-electron chi connectivity index (χ2n) is 32.9. The van der Waals surface area contributed by atoms with Gasteiger partial charge in [-0.15, -0.1) is 0 Å². The Morgan fingerprint density at radius 1 is 0.655 bits per heavy atom. The Hall–Kier alpha value is -7.29. The molecule has 2 unspecified atom stereocenters. The molecule has 622 valence electrons. The number of nitrogens with one attached hydrogen (secondary N) is 3. The van der Waals surface area contributed by atoms with E-state index in [9.17, 15) is 50.3 Å². The molecule has 3 N–H and O–H groups in total. The molecular weight excluding hydrogens is 1460 g/mol. The Kier molecular flexibility index (Phi) is 31.1. The van der Waals surface area contributed by atoms with Gasteiger partial charge in [0.1, 0.15) is 78.3 Å². The zero-order chi connectivity index (χ0) is 82.0. The summed E-state index contributed by atoms with van der Waals surface area (Å²) in [4.78, 5) is 191.